The molecule has 0 bridgehead atoms. The zero-order chi connectivity index (χ0) is 15.5. The minimum Gasteiger partial charge on any atom is -0.369 e. The molecule has 0 saturated carbocycles. The fraction of sp³-hybridized carbons (Fsp3) is 0.222. The third-order valence-corrected chi connectivity index (χ3v) is 3.97. The van der Waals surface area contributed by atoms with Crippen molar-refractivity contribution < 1.29 is 4.74 Å². The van der Waals surface area contributed by atoms with E-state index in [4.69, 9.17) is 4.74 Å². The van der Waals surface area contributed by atoms with Crippen molar-refractivity contribution in [1.29, 1.82) is 0 Å². The Kier molecular flexibility index (Phi) is 3.88. The Morgan fingerprint density at radius 3 is 2.65 bits per heavy atom. The summed E-state index contributed by atoms with van der Waals surface area (Å²) in [6.07, 6.45) is 0. The normalized spacial score (nSPS) is 13.2. The molecular weight excluding hydrogens is 288 g/mol. The Balaban J connectivity index is 1.57. The van der Waals surface area contributed by atoms with E-state index in [-0.39, 0.29) is 0 Å². The van der Waals surface area contributed by atoms with Gasteiger partial charge in [-0.2, -0.15) is 0 Å². The molecule has 1 aliphatic rings. The molecule has 5 heteroatoms. The number of rotatable bonds is 4. The molecule has 0 fully saturated rings. The van der Waals surface area contributed by atoms with E-state index in [0.717, 1.165) is 29.4 Å². The maximum absolute atomic E-state index is 5.69. The number of hydrogen-bond acceptors (Lipinski definition) is 4. The molecule has 0 unspecified atom stereocenters. The predicted molar refractivity (Wildman–Crippen MR) is 86.8 cm³/mol. The Labute approximate surface area is 134 Å². The average Bonchev–Trinajstić information content (AvgIpc) is 2.89. The van der Waals surface area contributed by atoms with Crippen molar-refractivity contribution in [2.45, 2.75) is 26.3 Å². The standard InChI is InChI=1S/C18H18N4O/c1-2-6-14(7-3-1)10-19-11-17-20-21-18-13-23-12-15-8-4-5-9-16(15)22(17)18/h1-9,19H,10-13H2. The van der Waals surface area contributed by atoms with Crippen LogP contribution >= 0.6 is 0 Å². The molecule has 2 aromatic carbocycles. The van der Waals surface area contributed by atoms with Gasteiger partial charge in [-0.05, 0) is 11.6 Å². The Morgan fingerprint density at radius 2 is 1.74 bits per heavy atom. The fourth-order valence-electron chi connectivity index (χ4n) is 2.86. The van der Waals surface area contributed by atoms with Gasteiger partial charge in [0.25, 0.3) is 0 Å². The largest absolute Gasteiger partial charge is 0.369 e. The van der Waals surface area contributed by atoms with Gasteiger partial charge in [-0.15, -0.1) is 10.2 Å². The number of hydrogen-bond donors (Lipinski definition) is 1. The van der Waals surface area contributed by atoms with Crippen LogP contribution < -0.4 is 5.32 Å². The summed E-state index contributed by atoms with van der Waals surface area (Å²) < 4.78 is 7.80. The van der Waals surface area contributed by atoms with Crippen LogP contribution in [0.5, 0.6) is 0 Å². The Morgan fingerprint density at radius 1 is 0.913 bits per heavy atom. The molecule has 5 nitrogen and oxygen atoms in total. The second-order valence-corrected chi connectivity index (χ2v) is 5.58. The maximum Gasteiger partial charge on any atom is 0.163 e. The molecule has 0 atom stereocenters. The van der Waals surface area contributed by atoms with Gasteiger partial charge in [0.2, 0.25) is 0 Å². The summed E-state index contributed by atoms with van der Waals surface area (Å²) in [5.41, 5.74) is 3.53. The highest BCUT2D eigenvalue weighted by Crippen LogP contribution is 2.23. The van der Waals surface area contributed by atoms with Gasteiger partial charge in [0.05, 0.1) is 18.8 Å². The zero-order valence-corrected chi connectivity index (χ0v) is 12.8. The molecule has 1 N–H and O–H groups in total. The van der Waals surface area contributed by atoms with Crippen molar-refractivity contribution >= 4 is 0 Å². The van der Waals surface area contributed by atoms with Crippen molar-refractivity contribution in [1.82, 2.24) is 20.1 Å². The topological polar surface area (TPSA) is 52.0 Å². The van der Waals surface area contributed by atoms with Crippen LogP contribution in [0.4, 0.5) is 0 Å². The summed E-state index contributed by atoms with van der Waals surface area (Å²) in [7, 11) is 0. The lowest BCUT2D eigenvalue weighted by Crippen LogP contribution is -2.17. The van der Waals surface area contributed by atoms with Crippen molar-refractivity contribution in [3.8, 4) is 5.69 Å². The summed E-state index contributed by atoms with van der Waals surface area (Å²) in [6, 6.07) is 18.6. The van der Waals surface area contributed by atoms with Crippen LogP contribution in [0.2, 0.25) is 0 Å². The highest BCUT2D eigenvalue weighted by molar-refractivity contribution is 5.43. The van der Waals surface area contributed by atoms with Crippen molar-refractivity contribution in [3.63, 3.8) is 0 Å². The first kappa shape index (κ1) is 14.1. The molecule has 3 aromatic rings. The van der Waals surface area contributed by atoms with E-state index < -0.39 is 0 Å². The average molecular weight is 306 g/mol. The molecule has 2 heterocycles. The minimum atomic E-state index is 0.486. The van der Waals surface area contributed by atoms with E-state index in [9.17, 15) is 0 Å². The predicted octanol–water partition coefficient (Wildman–Crippen LogP) is 2.59. The van der Waals surface area contributed by atoms with Crippen LogP contribution in [0.15, 0.2) is 54.6 Å². The van der Waals surface area contributed by atoms with Crippen LogP contribution in [0, 0.1) is 0 Å². The molecule has 0 aliphatic carbocycles. The Bertz CT molecular complexity index is 798. The second-order valence-electron chi connectivity index (χ2n) is 5.58. The maximum atomic E-state index is 5.69. The summed E-state index contributed by atoms with van der Waals surface area (Å²) in [5.74, 6) is 1.76. The number of ether oxygens (including phenoxy) is 1. The van der Waals surface area contributed by atoms with Gasteiger partial charge in [-0.1, -0.05) is 48.5 Å². The first-order valence-electron chi connectivity index (χ1n) is 7.75. The first-order valence-corrected chi connectivity index (χ1v) is 7.75. The van der Waals surface area contributed by atoms with Gasteiger partial charge in [0.15, 0.2) is 11.6 Å². The van der Waals surface area contributed by atoms with Crippen LogP contribution in [-0.2, 0) is 31.0 Å². The van der Waals surface area contributed by atoms with Crippen LogP contribution in [0.3, 0.4) is 0 Å². The fourth-order valence-corrected chi connectivity index (χ4v) is 2.86. The molecule has 0 radical (unpaired) electrons. The number of para-hydroxylation sites is 1. The van der Waals surface area contributed by atoms with Crippen LogP contribution in [-0.4, -0.2) is 14.8 Å². The molecule has 1 aromatic heterocycles. The molecule has 0 spiro atoms. The second kappa shape index (κ2) is 6.32. The number of nitrogens with one attached hydrogen (secondary N) is 1. The van der Waals surface area contributed by atoms with Gasteiger partial charge >= 0.3 is 0 Å². The number of benzene rings is 2. The number of fused-ring (bicyclic) bond motifs is 3. The quantitative estimate of drug-likeness (QED) is 0.805. The van der Waals surface area contributed by atoms with Crippen molar-refractivity contribution in [3.05, 3.63) is 77.4 Å². The SMILES string of the molecule is c1ccc(CNCc2nnc3n2-c2ccccc2COC3)cc1. The summed E-state index contributed by atoms with van der Waals surface area (Å²) in [5, 5.41) is 12.1. The lowest BCUT2D eigenvalue weighted by Gasteiger charge is -2.11. The number of nitrogens with zero attached hydrogens (tertiary/aromatic N) is 3. The molecule has 4 rings (SSSR count). The molecule has 0 saturated heterocycles. The van der Waals surface area contributed by atoms with Gasteiger partial charge in [-0.3, -0.25) is 4.57 Å². The zero-order valence-electron chi connectivity index (χ0n) is 12.8. The molecule has 116 valence electrons. The highest BCUT2D eigenvalue weighted by atomic mass is 16.5. The Hall–Kier alpha value is -2.50. The third kappa shape index (κ3) is 2.88. The van der Waals surface area contributed by atoms with E-state index in [1.165, 1.54) is 5.56 Å². The van der Waals surface area contributed by atoms with Crippen molar-refractivity contribution in [2.24, 2.45) is 0 Å². The monoisotopic (exact) mass is 306 g/mol. The van der Waals surface area contributed by atoms with E-state index in [0.29, 0.717) is 19.8 Å². The molecule has 0 amide bonds. The smallest absolute Gasteiger partial charge is 0.163 e. The van der Waals surface area contributed by atoms with Gasteiger partial charge in [0, 0.05) is 12.1 Å². The van der Waals surface area contributed by atoms with E-state index in [1.54, 1.807) is 0 Å². The van der Waals surface area contributed by atoms with E-state index in [2.05, 4.69) is 44.3 Å². The highest BCUT2D eigenvalue weighted by Gasteiger charge is 2.19. The molecule has 1 aliphatic heterocycles. The molecule has 23 heavy (non-hydrogen) atoms. The van der Waals surface area contributed by atoms with Gasteiger partial charge in [-0.25, -0.2) is 0 Å². The first-order chi connectivity index (χ1) is 11.4. The van der Waals surface area contributed by atoms with E-state index in [1.807, 2.05) is 30.3 Å². The minimum absolute atomic E-state index is 0.486. The molecular formula is C18H18N4O. The summed E-state index contributed by atoms with van der Waals surface area (Å²) >= 11 is 0. The third-order valence-electron chi connectivity index (χ3n) is 3.97. The van der Waals surface area contributed by atoms with Crippen LogP contribution in [0.1, 0.15) is 22.8 Å². The van der Waals surface area contributed by atoms with E-state index >= 15 is 0 Å². The number of aromatic nitrogens is 3. The van der Waals surface area contributed by atoms with Crippen LogP contribution in [0.25, 0.3) is 5.69 Å². The summed E-state index contributed by atoms with van der Waals surface area (Å²) in [4.78, 5) is 0. The lowest BCUT2D eigenvalue weighted by atomic mass is 10.2. The van der Waals surface area contributed by atoms with Crippen molar-refractivity contribution in [2.75, 3.05) is 0 Å². The van der Waals surface area contributed by atoms with Gasteiger partial charge < -0.3 is 10.1 Å². The van der Waals surface area contributed by atoms with Gasteiger partial charge in [0.1, 0.15) is 6.61 Å². The lowest BCUT2D eigenvalue weighted by molar-refractivity contribution is 0.105. The summed E-state index contributed by atoms with van der Waals surface area (Å²) in [6.45, 7) is 2.56.